The number of aliphatic hydroxyl groups is 4. The van der Waals surface area contributed by atoms with Crippen LogP contribution in [0.5, 0.6) is 11.5 Å². The number of carbonyl (C=O) groups excluding carboxylic acids is 4. The molecule has 10 atom stereocenters. The van der Waals surface area contributed by atoms with Crippen molar-refractivity contribution < 1.29 is 77.3 Å². The maximum Gasteiger partial charge on any atom is 0.494 e. The molecule has 0 aliphatic carbocycles. The van der Waals surface area contributed by atoms with Crippen molar-refractivity contribution in [3.05, 3.63) is 112 Å². The molecule has 402 valence electrons. The number of ether oxygens (including phenoxy) is 6. The van der Waals surface area contributed by atoms with Crippen LogP contribution in [0, 0.1) is 25.7 Å². The van der Waals surface area contributed by atoms with Crippen LogP contribution in [0.1, 0.15) is 87.2 Å². The lowest BCUT2D eigenvalue weighted by atomic mass is 9.78. The van der Waals surface area contributed by atoms with Gasteiger partial charge in [-0.05, 0) is 130 Å². The molecule has 4 aromatic carbocycles. The normalized spacial score (nSPS) is 25.7. The van der Waals surface area contributed by atoms with Gasteiger partial charge in [0.2, 0.25) is 12.6 Å². The monoisotopic (exact) mass is 1090 g/mol. The molecule has 3 saturated heterocycles. The number of carbonyl (C=O) groups is 4. The number of esters is 2. The topological polar surface area (TPSA) is 247 Å². The summed E-state index contributed by atoms with van der Waals surface area (Å²) in [5.41, 5.74) is 4.65. The molecular weight excluding hydrogens is 1020 g/mol. The lowest BCUT2D eigenvalue weighted by molar-refractivity contribution is -0.277. The standard InChI is InChI=1S/C21H25NO7.C19H25BrO6.C14H20BNO3/c1-11-8-13(12-4-3-5-14(9-12)20(27)22-2)6-7-15(11)28-21-19(26)18(25)17(24)16(10-23)29-21;1-10-8-15(20)6-7-16(10)25-19-18(24-14(5)22)12(3)11(2)17(26-19)9-23-13(4)21;1-13(2)14(3,4)19-15(18-13)11-8-6-7-10(9-11)12(17)16-5/h3-9,16-19,21,23-26H,10H2,1-2H3,(H,22,27);6-8,11-12,17-19H,9H2,1-5H3;6-9H,1-5H3,(H,16,17). The van der Waals surface area contributed by atoms with Crippen LogP contribution >= 0.6 is 15.9 Å². The van der Waals surface area contributed by atoms with Crippen LogP contribution in [-0.2, 0) is 37.8 Å². The molecule has 3 heterocycles. The van der Waals surface area contributed by atoms with E-state index in [2.05, 4.69) is 26.6 Å². The van der Waals surface area contributed by atoms with Crippen LogP contribution in [0.3, 0.4) is 0 Å². The number of amides is 2. The highest BCUT2D eigenvalue weighted by atomic mass is 79.9. The minimum absolute atomic E-state index is 0.0181. The summed E-state index contributed by atoms with van der Waals surface area (Å²) in [5, 5.41) is 44.4. The maximum atomic E-state index is 11.8. The fourth-order valence-electron chi connectivity index (χ4n) is 8.15. The van der Waals surface area contributed by atoms with E-state index in [0.29, 0.717) is 22.6 Å². The van der Waals surface area contributed by atoms with E-state index in [1.165, 1.54) is 13.8 Å². The van der Waals surface area contributed by atoms with Crippen LogP contribution < -0.4 is 25.6 Å². The third-order valence-electron chi connectivity index (χ3n) is 13.5. The van der Waals surface area contributed by atoms with Crippen molar-refractivity contribution in [2.45, 2.75) is 130 Å². The van der Waals surface area contributed by atoms with E-state index in [1.807, 2.05) is 97.9 Å². The molecule has 18 nitrogen and oxygen atoms in total. The average Bonchev–Trinajstić information content (AvgIpc) is 3.59. The van der Waals surface area contributed by atoms with Gasteiger partial charge in [0.05, 0.1) is 23.9 Å². The number of nitrogens with one attached hydrogen (secondary N) is 2. The Balaban J connectivity index is 0.000000210. The van der Waals surface area contributed by atoms with Gasteiger partial charge in [0.15, 0.2) is 6.10 Å². The number of rotatable bonds is 12. The lowest BCUT2D eigenvalue weighted by Crippen LogP contribution is -2.60. The Kier molecular flexibility index (Phi) is 20.8. The van der Waals surface area contributed by atoms with Gasteiger partial charge in [-0.25, -0.2) is 0 Å². The third-order valence-corrected chi connectivity index (χ3v) is 14.0. The van der Waals surface area contributed by atoms with E-state index < -0.39 is 62.8 Å². The first kappa shape index (κ1) is 59.5. The molecule has 7 rings (SSSR count). The summed E-state index contributed by atoms with van der Waals surface area (Å²) in [7, 11) is 2.75. The molecule has 2 amide bonds. The van der Waals surface area contributed by atoms with Gasteiger partial charge in [0.25, 0.3) is 11.8 Å². The van der Waals surface area contributed by atoms with Gasteiger partial charge < -0.3 is 68.8 Å². The predicted octanol–water partition coefficient (Wildman–Crippen LogP) is 5.17. The molecule has 0 aromatic heterocycles. The Morgan fingerprint density at radius 2 is 1.20 bits per heavy atom. The van der Waals surface area contributed by atoms with Crippen molar-refractivity contribution in [1.29, 1.82) is 0 Å². The minimum Gasteiger partial charge on any atom is -0.463 e. The first-order valence-corrected chi connectivity index (χ1v) is 25.1. The second-order valence-corrected chi connectivity index (χ2v) is 20.3. The largest absolute Gasteiger partial charge is 0.494 e. The fraction of sp³-hybridized carbons (Fsp3) is 0.481. The zero-order valence-corrected chi connectivity index (χ0v) is 45.5. The van der Waals surface area contributed by atoms with Crippen molar-refractivity contribution in [2.24, 2.45) is 11.8 Å². The van der Waals surface area contributed by atoms with Crippen molar-refractivity contribution in [1.82, 2.24) is 10.6 Å². The molecular formula is C54H70BBrN2O16. The number of benzene rings is 4. The Bertz CT molecular complexity index is 2560. The second-order valence-electron chi connectivity index (χ2n) is 19.4. The Morgan fingerprint density at radius 3 is 1.76 bits per heavy atom. The van der Waals surface area contributed by atoms with Gasteiger partial charge in [-0.2, -0.15) is 0 Å². The number of hydrogen-bond acceptors (Lipinski definition) is 16. The van der Waals surface area contributed by atoms with Crippen LogP contribution in [0.15, 0.2) is 89.4 Å². The van der Waals surface area contributed by atoms with Gasteiger partial charge >= 0.3 is 19.1 Å². The molecule has 10 unspecified atom stereocenters. The molecule has 3 fully saturated rings. The summed E-state index contributed by atoms with van der Waals surface area (Å²) in [5.74, 6) is 0.000846. The molecule has 20 heteroatoms. The van der Waals surface area contributed by atoms with E-state index in [1.54, 1.807) is 56.6 Å². The second kappa shape index (κ2) is 25.9. The SMILES string of the molecule is CC(=O)OCC1OC(Oc2ccc(Br)cc2C)C(OC(C)=O)C(C)C1C.CNC(=O)c1cccc(-c2ccc(OC3OC(CO)C(O)C(O)C3O)c(C)c2)c1.CNC(=O)c1cccc(B2OC(C)(C)C(C)(C)O2)c1. The van der Waals surface area contributed by atoms with E-state index in [9.17, 15) is 39.6 Å². The highest BCUT2D eigenvalue weighted by molar-refractivity contribution is 9.10. The van der Waals surface area contributed by atoms with Crippen LogP contribution in [0.2, 0.25) is 0 Å². The summed E-state index contributed by atoms with van der Waals surface area (Å²) >= 11 is 3.42. The fourth-order valence-corrected chi connectivity index (χ4v) is 8.63. The number of aliphatic hydroxyl groups excluding tert-OH is 4. The van der Waals surface area contributed by atoms with Crippen LogP contribution in [-0.4, -0.2) is 139 Å². The highest BCUT2D eigenvalue weighted by Gasteiger charge is 2.52. The molecule has 74 heavy (non-hydrogen) atoms. The zero-order valence-electron chi connectivity index (χ0n) is 43.9. The Labute approximate surface area is 441 Å². The van der Waals surface area contributed by atoms with Crippen molar-refractivity contribution >= 4 is 52.3 Å². The zero-order chi connectivity index (χ0) is 54.8. The summed E-state index contributed by atoms with van der Waals surface area (Å²) in [6.07, 6.45) is -8.39. The minimum atomic E-state index is -1.50. The van der Waals surface area contributed by atoms with Crippen molar-refractivity contribution in [3.8, 4) is 22.6 Å². The van der Waals surface area contributed by atoms with Crippen LogP contribution in [0.4, 0.5) is 0 Å². The Hall–Kier alpha value is -5.42. The third kappa shape index (κ3) is 14.9. The predicted molar refractivity (Wildman–Crippen MR) is 279 cm³/mol. The number of aryl methyl sites for hydroxylation is 2. The van der Waals surface area contributed by atoms with Gasteiger partial charge in [-0.3, -0.25) is 19.2 Å². The van der Waals surface area contributed by atoms with E-state index >= 15 is 0 Å². The molecule has 0 spiro atoms. The lowest BCUT2D eigenvalue weighted by Gasteiger charge is -2.43. The molecule has 6 N–H and O–H groups in total. The van der Waals surface area contributed by atoms with Crippen LogP contribution in [0.25, 0.3) is 11.1 Å². The summed E-state index contributed by atoms with van der Waals surface area (Å²) in [6.45, 7) is 18.1. The molecule has 0 saturated carbocycles. The van der Waals surface area contributed by atoms with Crippen molar-refractivity contribution in [2.75, 3.05) is 27.3 Å². The summed E-state index contributed by atoms with van der Waals surface area (Å²) in [4.78, 5) is 46.2. The van der Waals surface area contributed by atoms with Gasteiger partial charge in [-0.15, -0.1) is 0 Å². The highest BCUT2D eigenvalue weighted by Crippen LogP contribution is 2.38. The van der Waals surface area contributed by atoms with Crippen molar-refractivity contribution in [3.63, 3.8) is 0 Å². The van der Waals surface area contributed by atoms with Gasteiger partial charge in [0.1, 0.15) is 42.5 Å². The molecule has 3 aliphatic rings. The Morgan fingerprint density at radius 1 is 0.662 bits per heavy atom. The van der Waals surface area contributed by atoms with E-state index in [4.69, 9.17) is 37.7 Å². The molecule has 0 radical (unpaired) electrons. The quantitative estimate of drug-likeness (QED) is 0.0791. The molecule has 3 aliphatic heterocycles. The van der Waals surface area contributed by atoms with Gasteiger partial charge in [-0.1, -0.05) is 60.1 Å². The molecule has 0 bridgehead atoms. The van der Waals surface area contributed by atoms with Gasteiger partial charge in [0, 0.05) is 49.5 Å². The maximum absolute atomic E-state index is 11.8. The number of halogens is 1. The summed E-state index contributed by atoms with van der Waals surface area (Å²) < 4.78 is 46.6. The van der Waals surface area contributed by atoms with E-state index in [0.717, 1.165) is 32.2 Å². The average molecular weight is 1090 g/mol. The number of hydrogen-bond donors (Lipinski definition) is 6. The van der Waals surface area contributed by atoms with E-state index in [-0.39, 0.29) is 53.5 Å². The first-order chi connectivity index (χ1) is 34.8. The summed E-state index contributed by atoms with van der Waals surface area (Å²) in [6, 6.07) is 25.5. The smallest absolute Gasteiger partial charge is 0.463 e. The first-order valence-electron chi connectivity index (χ1n) is 24.3. The molecule has 4 aromatic rings.